The number of anilines is 1. The fraction of sp³-hybridized carbons (Fsp3) is 0.172. The number of esters is 2. The summed E-state index contributed by atoms with van der Waals surface area (Å²) in [5, 5.41) is 12.5. The molecular formula is C29H27N3O9. The maximum Gasteiger partial charge on any atom is 0.349 e. The first-order valence-electron chi connectivity index (χ1n) is 12.3. The standard InChI is InChI=1S/C29H27N3O9/c1-17(2)24(33)30-21-15-13-18(14-16-21)25(34)31-32-26(35)22(40-28(38)19-9-5-3-6-10-19)23(27(36)37)41-29(39)20-11-7-4-8-12-20/h3-17,22-23H,1-2H3,(H,30,33)(H,31,34)(H,32,35)(H,36,37)/t22-,23-/m1/s1. The molecule has 4 N–H and O–H groups in total. The van der Waals surface area contributed by atoms with Gasteiger partial charge in [-0.1, -0.05) is 50.2 Å². The number of amides is 3. The van der Waals surface area contributed by atoms with Gasteiger partial charge in [0.25, 0.3) is 11.8 Å². The Morgan fingerprint density at radius 1 is 0.610 bits per heavy atom. The zero-order valence-electron chi connectivity index (χ0n) is 22.0. The van der Waals surface area contributed by atoms with Crippen molar-refractivity contribution in [2.75, 3.05) is 5.32 Å². The second kappa shape index (κ2) is 14.0. The predicted molar refractivity (Wildman–Crippen MR) is 144 cm³/mol. The van der Waals surface area contributed by atoms with Gasteiger partial charge < -0.3 is 19.9 Å². The Morgan fingerprint density at radius 3 is 1.56 bits per heavy atom. The van der Waals surface area contributed by atoms with Gasteiger partial charge in [0, 0.05) is 17.2 Å². The van der Waals surface area contributed by atoms with Crippen molar-refractivity contribution < 1.29 is 43.3 Å². The molecule has 0 saturated heterocycles. The average Bonchev–Trinajstić information content (AvgIpc) is 2.98. The zero-order valence-corrected chi connectivity index (χ0v) is 22.0. The number of nitrogens with one attached hydrogen (secondary N) is 3. The van der Waals surface area contributed by atoms with Crippen LogP contribution in [-0.4, -0.2) is 52.9 Å². The lowest BCUT2D eigenvalue weighted by Gasteiger charge is -2.23. The fourth-order valence-corrected chi connectivity index (χ4v) is 3.26. The molecule has 0 aliphatic carbocycles. The minimum Gasteiger partial charge on any atom is -0.478 e. The van der Waals surface area contributed by atoms with Gasteiger partial charge in [-0.25, -0.2) is 14.4 Å². The van der Waals surface area contributed by atoms with E-state index < -0.39 is 41.9 Å². The van der Waals surface area contributed by atoms with E-state index in [1.807, 2.05) is 5.43 Å². The van der Waals surface area contributed by atoms with Crippen molar-refractivity contribution in [3.05, 3.63) is 102 Å². The van der Waals surface area contributed by atoms with Gasteiger partial charge in [-0.2, -0.15) is 0 Å². The molecule has 0 aliphatic rings. The summed E-state index contributed by atoms with van der Waals surface area (Å²) in [5.74, 6) is -6.48. The number of hydrogen-bond donors (Lipinski definition) is 4. The molecule has 0 unspecified atom stereocenters. The minimum atomic E-state index is -2.27. The lowest BCUT2D eigenvalue weighted by Crippen LogP contribution is -2.54. The molecular weight excluding hydrogens is 534 g/mol. The molecule has 0 spiro atoms. The van der Waals surface area contributed by atoms with Crippen molar-refractivity contribution >= 4 is 41.3 Å². The van der Waals surface area contributed by atoms with Crippen LogP contribution in [0.5, 0.6) is 0 Å². The summed E-state index contributed by atoms with van der Waals surface area (Å²) in [6.45, 7) is 3.45. The first-order chi connectivity index (χ1) is 19.6. The van der Waals surface area contributed by atoms with E-state index in [4.69, 9.17) is 9.47 Å². The normalized spacial score (nSPS) is 11.9. The van der Waals surface area contributed by atoms with Gasteiger partial charge in [0.15, 0.2) is 0 Å². The number of benzene rings is 3. The molecule has 0 aliphatic heterocycles. The summed E-state index contributed by atoms with van der Waals surface area (Å²) < 4.78 is 10.2. The van der Waals surface area contributed by atoms with Gasteiger partial charge in [0.2, 0.25) is 18.1 Å². The molecule has 3 aromatic rings. The van der Waals surface area contributed by atoms with Gasteiger partial charge >= 0.3 is 17.9 Å². The van der Waals surface area contributed by atoms with E-state index in [2.05, 4.69) is 10.7 Å². The van der Waals surface area contributed by atoms with E-state index in [1.54, 1.807) is 26.0 Å². The molecule has 2 atom stereocenters. The monoisotopic (exact) mass is 561 g/mol. The Hall–Kier alpha value is -5.52. The molecule has 0 radical (unpaired) electrons. The van der Waals surface area contributed by atoms with E-state index in [0.717, 1.165) is 0 Å². The van der Waals surface area contributed by atoms with Crippen LogP contribution in [0.3, 0.4) is 0 Å². The second-order valence-corrected chi connectivity index (χ2v) is 8.89. The molecule has 0 bridgehead atoms. The quantitative estimate of drug-likeness (QED) is 0.214. The van der Waals surface area contributed by atoms with Crippen molar-refractivity contribution in [3.8, 4) is 0 Å². The third kappa shape index (κ3) is 8.48. The number of carbonyl (C=O) groups is 6. The van der Waals surface area contributed by atoms with Crippen molar-refractivity contribution in [2.24, 2.45) is 5.92 Å². The Balaban J connectivity index is 1.76. The van der Waals surface area contributed by atoms with Gasteiger partial charge in [0.05, 0.1) is 11.1 Å². The van der Waals surface area contributed by atoms with Crippen LogP contribution in [0.2, 0.25) is 0 Å². The number of rotatable bonds is 10. The first-order valence-corrected chi connectivity index (χ1v) is 12.3. The molecule has 0 saturated carbocycles. The third-order valence-electron chi connectivity index (χ3n) is 5.50. The Labute approximate surface area is 234 Å². The lowest BCUT2D eigenvalue weighted by atomic mass is 10.1. The molecule has 3 amide bonds. The van der Waals surface area contributed by atoms with E-state index in [9.17, 15) is 33.9 Å². The first kappa shape index (κ1) is 30.0. The third-order valence-corrected chi connectivity index (χ3v) is 5.50. The molecule has 12 heteroatoms. The van der Waals surface area contributed by atoms with Crippen molar-refractivity contribution in [1.82, 2.24) is 10.9 Å². The zero-order chi connectivity index (χ0) is 29.9. The van der Waals surface area contributed by atoms with Gasteiger partial charge in [-0.3, -0.25) is 25.2 Å². The maximum atomic E-state index is 13.0. The van der Waals surface area contributed by atoms with Crippen LogP contribution in [0, 0.1) is 5.92 Å². The molecule has 3 rings (SSSR count). The van der Waals surface area contributed by atoms with Gasteiger partial charge in [0.1, 0.15) is 0 Å². The van der Waals surface area contributed by atoms with E-state index in [-0.39, 0.29) is 28.5 Å². The van der Waals surface area contributed by atoms with E-state index in [1.165, 1.54) is 72.8 Å². The number of carboxylic acid groups (broad SMARTS) is 1. The number of hydrazine groups is 1. The summed E-state index contributed by atoms with van der Waals surface area (Å²) in [4.78, 5) is 74.8. The number of carboxylic acids is 1. The minimum absolute atomic E-state index is 0.00231. The number of hydrogen-bond acceptors (Lipinski definition) is 8. The molecule has 0 heterocycles. The van der Waals surface area contributed by atoms with Crippen LogP contribution < -0.4 is 16.2 Å². The highest BCUT2D eigenvalue weighted by Crippen LogP contribution is 2.14. The number of carbonyl (C=O) groups excluding carboxylic acids is 5. The summed E-state index contributed by atoms with van der Waals surface area (Å²) >= 11 is 0. The van der Waals surface area contributed by atoms with Crippen molar-refractivity contribution in [2.45, 2.75) is 26.1 Å². The largest absolute Gasteiger partial charge is 0.478 e. The number of aliphatic carboxylic acids is 1. The summed E-state index contributed by atoms with van der Waals surface area (Å²) in [6.07, 6.45) is -4.46. The van der Waals surface area contributed by atoms with Crippen LogP contribution in [0.4, 0.5) is 5.69 Å². The fourth-order valence-electron chi connectivity index (χ4n) is 3.26. The Morgan fingerprint density at radius 2 is 1.10 bits per heavy atom. The Kier molecular flexibility index (Phi) is 10.3. The smallest absolute Gasteiger partial charge is 0.349 e. The SMILES string of the molecule is CC(C)C(=O)Nc1ccc(C(=O)NNC(=O)[C@H](OC(=O)c2ccccc2)[C@@H](OC(=O)c2ccccc2)C(=O)O)cc1. The second-order valence-electron chi connectivity index (χ2n) is 8.89. The molecule has 41 heavy (non-hydrogen) atoms. The molecule has 0 aromatic heterocycles. The highest BCUT2D eigenvalue weighted by atomic mass is 16.6. The summed E-state index contributed by atoms with van der Waals surface area (Å²) in [5.41, 5.74) is 4.62. The average molecular weight is 562 g/mol. The van der Waals surface area contributed by atoms with Crippen LogP contribution in [0.25, 0.3) is 0 Å². The lowest BCUT2D eigenvalue weighted by molar-refractivity contribution is -0.159. The van der Waals surface area contributed by atoms with E-state index >= 15 is 0 Å². The summed E-state index contributed by atoms with van der Waals surface area (Å²) in [6, 6.07) is 20.5. The topological polar surface area (TPSA) is 177 Å². The van der Waals surface area contributed by atoms with Crippen LogP contribution >= 0.6 is 0 Å². The predicted octanol–water partition coefficient (Wildman–Crippen LogP) is 2.58. The molecule has 12 nitrogen and oxygen atoms in total. The molecule has 212 valence electrons. The number of ether oxygens (including phenoxy) is 2. The Bertz CT molecular complexity index is 1410. The van der Waals surface area contributed by atoms with Crippen LogP contribution in [-0.2, 0) is 23.9 Å². The molecule has 0 fully saturated rings. The maximum absolute atomic E-state index is 13.0. The highest BCUT2D eigenvalue weighted by molar-refractivity contribution is 5.99. The van der Waals surface area contributed by atoms with Gasteiger partial charge in [-0.15, -0.1) is 0 Å². The van der Waals surface area contributed by atoms with Crippen LogP contribution in [0.15, 0.2) is 84.9 Å². The van der Waals surface area contributed by atoms with Gasteiger partial charge in [-0.05, 0) is 48.5 Å². The highest BCUT2D eigenvalue weighted by Gasteiger charge is 2.41. The molecule has 3 aromatic carbocycles. The van der Waals surface area contributed by atoms with Crippen molar-refractivity contribution in [3.63, 3.8) is 0 Å². The van der Waals surface area contributed by atoms with Crippen molar-refractivity contribution in [1.29, 1.82) is 0 Å². The van der Waals surface area contributed by atoms with E-state index in [0.29, 0.717) is 5.69 Å². The van der Waals surface area contributed by atoms with Crippen LogP contribution in [0.1, 0.15) is 44.9 Å². The summed E-state index contributed by atoms with van der Waals surface area (Å²) in [7, 11) is 0.